The van der Waals surface area contributed by atoms with E-state index in [2.05, 4.69) is 22.2 Å². The number of H-pyrrole nitrogens is 1. The Morgan fingerprint density at radius 1 is 1.36 bits per heavy atom. The quantitative estimate of drug-likeness (QED) is 0.591. The molecule has 1 aromatic carbocycles. The van der Waals surface area contributed by atoms with Crippen LogP contribution >= 0.6 is 0 Å². The number of aryl methyl sites for hydroxylation is 1. The minimum Gasteiger partial charge on any atom is -0.359 e. The summed E-state index contributed by atoms with van der Waals surface area (Å²) in [4.78, 5) is 41.2. The summed E-state index contributed by atoms with van der Waals surface area (Å²) >= 11 is 0. The normalized spacial score (nSPS) is 18.8. The van der Waals surface area contributed by atoms with Crippen LogP contribution in [-0.4, -0.2) is 47.2 Å². The lowest BCUT2D eigenvalue weighted by Crippen LogP contribution is -2.46. The van der Waals surface area contributed by atoms with E-state index in [0.717, 1.165) is 30.7 Å². The summed E-state index contributed by atoms with van der Waals surface area (Å²) in [6, 6.07) is 5.70. The third kappa shape index (κ3) is 4.60. The molecule has 8 heteroatoms. The van der Waals surface area contributed by atoms with Crippen LogP contribution in [0.3, 0.4) is 0 Å². The maximum atomic E-state index is 13.7. The van der Waals surface area contributed by atoms with Crippen LogP contribution < -0.4 is 10.6 Å². The number of benzene rings is 1. The fraction of sp³-hybridized carbons (Fsp3) is 0.320. The number of nitrogens with zero attached hydrogens (tertiary/aromatic N) is 1. The summed E-state index contributed by atoms with van der Waals surface area (Å²) in [6.07, 6.45) is 5.49. The van der Waals surface area contributed by atoms with Crippen LogP contribution in [0.5, 0.6) is 0 Å². The molecule has 7 nitrogen and oxygen atoms in total. The Morgan fingerprint density at radius 3 is 2.91 bits per heavy atom. The molecule has 0 saturated heterocycles. The van der Waals surface area contributed by atoms with Gasteiger partial charge in [0, 0.05) is 36.2 Å². The van der Waals surface area contributed by atoms with E-state index in [-0.39, 0.29) is 29.5 Å². The van der Waals surface area contributed by atoms with E-state index in [9.17, 15) is 18.8 Å². The number of rotatable bonds is 6. The molecule has 0 saturated carbocycles. The molecule has 33 heavy (non-hydrogen) atoms. The zero-order chi connectivity index (χ0) is 23.7. The van der Waals surface area contributed by atoms with Crippen LogP contribution in [0.4, 0.5) is 10.1 Å². The van der Waals surface area contributed by atoms with Gasteiger partial charge in [-0.1, -0.05) is 6.58 Å². The molecule has 4 rings (SSSR count). The SMILES string of the molecule is C=CC(=O)N(C)[C@@H](C)C(=O)NCC1CCc2cc(/C=C3\C(=O)Nc4ccc(F)cc43)[nH]c2C1. The monoisotopic (exact) mass is 450 g/mol. The molecule has 0 fully saturated rings. The molecular formula is C25H27FN4O3. The molecule has 1 aromatic heterocycles. The average molecular weight is 451 g/mol. The molecule has 3 amide bonds. The first-order valence-corrected chi connectivity index (χ1v) is 11.0. The van der Waals surface area contributed by atoms with E-state index >= 15 is 0 Å². The van der Waals surface area contributed by atoms with Gasteiger partial charge in [-0.2, -0.15) is 0 Å². The van der Waals surface area contributed by atoms with Crippen molar-refractivity contribution in [1.82, 2.24) is 15.2 Å². The number of aromatic nitrogens is 1. The Kier molecular flexibility index (Phi) is 6.18. The van der Waals surface area contributed by atoms with Gasteiger partial charge in [-0.15, -0.1) is 0 Å². The third-order valence-electron chi connectivity index (χ3n) is 6.44. The zero-order valence-corrected chi connectivity index (χ0v) is 18.7. The Labute approximate surface area is 191 Å². The lowest BCUT2D eigenvalue weighted by molar-refractivity contribution is -0.135. The molecule has 2 aromatic rings. The highest BCUT2D eigenvalue weighted by atomic mass is 19.1. The van der Waals surface area contributed by atoms with E-state index < -0.39 is 6.04 Å². The standard InChI is InChI=1S/C25H27FN4O3/c1-4-23(31)30(3)14(2)24(32)27-13-15-5-6-16-10-18(28-22(16)9-15)12-20-19-11-17(26)7-8-21(19)29-25(20)33/h4,7-8,10-12,14-15,28H,1,5-6,9,13H2,2-3H3,(H,27,32)(H,29,33)/b20-12-/t14-,15?/m0/s1. The number of carbonyl (C=O) groups is 3. The van der Waals surface area contributed by atoms with E-state index in [1.54, 1.807) is 26.1 Å². The van der Waals surface area contributed by atoms with Gasteiger partial charge in [-0.3, -0.25) is 14.4 Å². The van der Waals surface area contributed by atoms with Gasteiger partial charge >= 0.3 is 0 Å². The Bertz CT molecular complexity index is 1170. The Balaban J connectivity index is 1.41. The smallest absolute Gasteiger partial charge is 0.256 e. The van der Waals surface area contributed by atoms with Crippen molar-refractivity contribution in [1.29, 1.82) is 0 Å². The van der Waals surface area contributed by atoms with Crippen molar-refractivity contribution in [2.24, 2.45) is 5.92 Å². The van der Waals surface area contributed by atoms with Crippen LogP contribution in [0.15, 0.2) is 36.9 Å². The predicted octanol–water partition coefficient (Wildman–Crippen LogP) is 2.90. The minimum absolute atomic E-state index is 0.200. The summed E-state index contributed by atoms with van der Waals surface area (Å²) < 4.78 is 13.7. The lowest BCUT2D eigenvalue weighted by atomic mass is 9.88. The van der Waals surface area contributed by atoms with Gasteiger partial charge < -0.3 is 20.5 Å². The number of nitrogens with one attached hydrogen (secondary N) is 3. The molecule has 3 N–H and O–H groups in total. The summed E-state index contributed by atoms with van der Waals surface area (Å²) in [7, 11) is 1.58. The van der Waals surface area contributed by atoms with Crippen molar-refractivity contribution in [3.8, 4) is 0 Å². The number of carbonyl (C=O) groups excluding carboxylic acids is 3. The fourth-order valence-corrected chi connectivity index (χ4v) is 4.34. The first-order chi connectivity index (χ1) is 15.8. The van der Waals surface area contributed by atoms with Gasteiger partial charge in [0.25, 0.3) is 5.91 Å². The molecule has 2 aliphatic rings. The van der Waals surface area contributed by atoms with Crippen molar-refractivity contribution < 1.29 is 18.8 Å². The Morgan fingerprint density at radius 2 is 2.15 bits per heavy atom. The third-order valence-corrected chi connectivity index (χ3v) is 6.44. The molecule has 1 aliphatic heterocycles. The summed E-state index contributed by atoms with van der Waals surface area (Å²) in [5.41, 5.74) is 4.66. The number of amides is 3. The number of hydrogen-bond acceptors (Lipinski definition) is 3. The van der Waals surface area contributed by atoms with Crippen LogP contribution in [0, 0.1) is 11.7 Å². The highest BCUT2D eigenvalue weighted by Gasteiger charge is 2.27. The highest BCUT2D eigenvalue weighted by Crippen LogP contribution is 2.34. The first kappa shape index (κ1) is 22.5. The number of aromatic amines is 1. The van der Waals surface area contributed by atoms with Crippen LogP contribution in [0.1, 0.15) is 35.9 Å². The molecular weight excluding hydrogens is 423 g/mol. The highest BCUT2D eigenvalue weighted by molar-refractivity contribution is 6.34. The molecule has 1 unspecified atom stereocenters. The van der Waals surface area contributed by atoms with Crippen LogP contribution in [-0.2, 0) is 27.2 Å². The van der Waals surface area contributed by atoms with Crippen molar-refractivity contribution in [3.05, 3.63) is 65.3 Å². The molecule has 0 spiro atoms. The molecule has 0 radical (unpaired) electrons. The van der Waals surface area contributed by atoms with E-state index in [1.807, 2.05) is 6.07 Å². The first-order valence-electron chi connectivity index (χ1n) is 11.0. The van der Waals surface area contributed by atoms with Crippen molar-refractivity contribution >= 4 is 35.1 Å². The maximum absolute atomic E-state index is 13.7. The molecule has 0 bridgehead atoms. The average Bonchev–Trinajstić information content (AvgIpc) is 3.35. The number of likely N-dealkylation sites (N-methyl/N-ethyl adjacent to an activating group) is 1. The van der Waals surface area contributed by atoms with Gasteiger partial charge in [0.15, 0.2) is 0 Å². The second-order valence-corrected chi connectivity index (χ2v) is 8.61. The van der Waals surface area contributed by atoms with Gasteiger partial charge in [0.05, 0.1) is 5.57 Å². The number of anilines is 1. The van der Waals surface area contributed by atoms with Crippen molar-refractivity contribution in [2.45, 2.75) is 32.2 Å². The Hall–Kier alpha value is -3.68. The van der Waals surface area contributed by atoms with Gasteiger partial charge in [0.2, 0.25) is 11.8 Å². The molecule has 1 aliphatic carbocycles. The lowest BCUT2D eigenvalue weighted by Gasteiger charge is -2.26. The number of fused-ring (bicyclic) bond motifs is 2. The minimum atomic E-state index is -0.580. The van der Waals surface area contributed by atoms with Gasteiger partial charge in [0.1, 0.15) is 11.9 Å². The van der Waals surface area contributed by atoms with Crippen LogP contribution in [0.25, 0.3) is 11.6 Å². The number of hydrogen-bond donors (Lipinski definition) is 3. The zero-order valence-electron chi connectivity index (χ0n) is 18.7. The van der Waals surface area contributed by atoms with Crippen molar-refractivity contribution in [3.63, 3.8) is 0 Å². The summed E-state index contributed by atoms with van der Waals surface area (Å²) in [6.45, 7) is 5.65. The van der Waals surface area contributed by atoms with E-state index in [1.165, 1.54) is 28.7 Å². The van der Waals surface area contributed by atoms with Gasteiger partial charge in [-0.25, -0.2) is 4.39 Å². The molecule has 172 valence electrons. The van der Waals surface area contributed by atoms with Crippen molar-refractivity contribution in [2.75, 3.05) is 18.9 Å². The largest absolute Gasteiger partial charge is 0.359 e. The van der Waals surface area contributed by atoms with E-state index in [0.29, 0.717) is 23.4 Å². The molecule has 2 heterocycles. The second-order valence-electron chi connectivity index (χ2n) is 8.61. The topological polar surface area (TPSA) is 94.3 Å². The summed E-state index contributed by atoms with van der Waals surface area (Å²) in [5, 5.41) is 5.71. The molecule has 2 atom stereocenters. The maximum Gasteiger partial charge on any atom is 0.256 e. The number of halogens is 1. The second kappa shape index (κ2) is 9.05. The predicted molar refractivity (Wildman–Crippen MR) is 125 cm³/mol. The van der Waals surface area contributed by atoms with Crippen LogP contribution in [0.2, 0.25) is 0 Å². The van der Waals surface area contributed by atoms with E-state index in [4.69, 9.17) is 0 Å². The van der Waals surface area contributed by atoms with Gasteiger partial charge in [-0.05, 0) is 74.1 Å². The summed E-state index contributed by atoms with van der Waals surface area (Å²) in [5.74, 6) is -0.875. The fourth-order valence-electron chi connectivity index (χ4n) is 4.34.